The Hall–Kier alpha value is -2.04. The van der Waals surface area contributed by atoms with Crippen LogP contribution in [0.25, 0.3) is 0 Å². The predicted molar refractivity (Wildman–Crippen MR) is 110 cm³/mol. The smallest absolute Gasteiger partial charge is 0.309 e. The van der Waals surface area contributed by atoms with Crippen molar-refractivity contribution in [1.29, 1.82) is 0 Å². The van der Waals surface area contributed by atoms with Crippen LogP contribution in [-0.4, -0.2) is 32.0 Å². The first-order chi connectivity index (χ1) is 12.7. The lowest BCUT2D eigenvalue weighted by molar-refractivity contribution is -0.123. The van der Waals surface area contributed by atoms with Crippen molar-refractivity contribution in [1.82, 2.24) is 10.6 Å². The molecule has 1 aromatic rings. The van der Waals surface area contributed by atoms with Gasteiger partial charge in [-0.3, -0.25) is 9.59 Å². The molecule has 0 spiro atoms. The average Bonchev–Trinajstić information content (AvgIpc) is 2.65. The minimum Gasteiger partial charge on any atom is -0.483 e. The Bertz CT molecular complexity index is 624. The van der Waals surface area contributed by atoms with Crippen LogP contribution in [0, 0.1) is 0 Å². The molecule has 27 heavy (non-hydrogen) atoms. The first-order valence-electron chi connectivity index (χ1n) is 9.82. The summed E-state index contributed by atoms with van der Waals surface area (Å²) in [6, 6.07) is 6.34. The maximum Gasteiger partial charge on any atom is 0.309 e. The molecule has 0 bridgehead atoms. The van der Waals surface area contributed by atoms with Crippen LogP contribution in [0.5, 0.6) is 5.75 Å². The van der Waals surface area contributed by atoms with E-state index in [-0.39, 0.29) is 23.3 Å². The van der Waals surface area contributed by atoms with Gasteiger partial charge in [0.05, 0.1) is 0 Å². The number of carbonyl (C=O) groups is 1. The van der Waals surface area contributed by atoms with Crippen LogP contribution in [0.3, 0.4) is 0 Å². The van der Waals surface area contributed by atoms with Gasteiger partial charge in [-0.15, -0.1) is 0 Å². The Kier molecular flexibility index (Phi) is 8.80. The van der Waals surface area contributed by atoms with Gasteiger partial charge in [-0.25, -0.2) is 0 Å². The molecule has 0 aliphatic carbocycles. The minimum absolute atomic E-state index is 0.0173. The van der Waals surface area contributed by atoms with Gasteiger partial charge in [-0.2, -0.15) is 0 Å². The second kappa shape index (κ2) is 10.3. The second-order valence-corrected chi connectivity index (χ2v) is 8.21. The SMILES string of the molecule is CCC(C)(C)c1ccc(OCC(=O)NCCCN[C]=O)c(C(C)(C)CC)c1. The Morgan fingerprint density at radius 2 is 1.74 bits per heavy atom. The molecular weight excluding hydrogens is 340 g/mol. The van der Waals surface area contributed by atoms with Crippen molar-refractivity contribution < 1.29 is 14.3 Å². The van der Waals surface area contributed by atoms with E-state index in [9.17, 15) is 9.59 Å². The summed E-state index contributed by atoms with van der Waals surface area (Å²) in [6.07, 6.45) is 4.31. The van der Waals surface area contributed by atoms with Gasteiger partial charge in [0.25, 0.3) is 5.91 Å². The first kappa shape index (κ1) is 23.0. The third-order valence-corrected chi connectivity index (χ3v) is 5.49. The van der Waals surface area contributed by atoms with Crippen molar-refractivity contribution in [2.24, 2.45) is 0 Å². The molecule has 5 nitrogen and oxygen atoms in total. The molecule has 5 heteroatoms. The third-order valence-electron chi connectivity index (χ3n) is 5.49. The van der Waals surface area contributed by atoms with Crippen molar-refractivity contribution in [3.8, 4) is 5.75 Å². The molecule has 2 amide bonds. The first-order valence-corrected chi connectivity index (χ1v) is 9.82. The summed E-state index contributed by atoms with van der Waals surface area (Å²) in [4.78, 5) is 22.1. The van der Waals surface area contributed by atoms with Crippen LogP contribution in [0.4, 0.5) is 0 Å². The summed E-state index contributed by atoms with van der Waals surface area (Å²) in [5.41, 5.74) is 2.49. The van der Waals surface area contributed by atoms with Gasteiger partial charge in [0, 0.05) is 18.7 Å². The fraction of sp³-hybridized carbons (Fsp3) is 0.636. The number of benzene rings is 1. The lowest BCUT2D eigenvalue weighted by Gasteiger charge is -2.30. The highest BCUT2D eigenvalue weighted by Crippen LogP contribution is 2.38. The number of carbonyl (C=O) groups excluding carboxylic acids is 2. The number of nitrogens with one attached hydrogen (secondary N) is 2. The molecule has 1 radical (unpaired) electrons. The molecule has 0 saturated heterocycles. The molecule has 0 heterocycles. The van der Waals surface area contributed by atoms with E-state index in [1.165, 1.54) is 5.56 Å². The molecule has 0 atom stereocenters. The molecule has 1 rings (SSSR count). The summed E-state index contributed by atoms with van der Waals surface area (Å²) < 4.78 is 5.88. The van der Waals surface area contributed by atoms with E-state index >= 15 is 0 Å². The van der Waals surface area contributed by atoms with E-state index in [0.29, 0.717) is 19.5 Å². The maximum atomic E-state index is 12.0. The highest BCUT2D eigenvalue weighted by atomic mass is 16.5. The lowest BCUT2D eigenvalue weighted by atomic mass is 9.76. The van der Waals surface area contributed by atoms with Crippen LogP contribution in [-0.2, 0) is 20.4 Å². The van der Waals surface area contributed by atoms with E-state index in [1.807, 2.05) is 6.07 Å². The molecule has 0 unspecified atom stereocenters. The highest BCUT2D eigenvalue weighted by Gasteiger charge is 2.26. The standard InChI is InChI=1S/C22H35N2O3/c1-7-21(3,4)17-10-11-19(18(14-17)22(5,6)8-2)27-15-20(26)24-13-9-12-23-16-25/h10-11,14H,7-9,12-13,15H2,1-6H3,(H,23,25)(H,24,26). The van der Waals surface area contributed by atoms with Gasteiger partial charge in [0.2, 0.25) is 0 Å². The molecule has 0 aliphatic rings. The Labute approximate surface area is 164 Å². The van der Waals surface area contributed by atoms with Crippen LogP contribution >= 0.6 is 0 Å². The van der Waals surface area contributed by atoms with Crippen molar-refractivity contribution in [2.75, 3.05) is 19.7 Å². The number of amides is 2. The lowest BCUT2D eigenvalue weighted by Crippen LogP contribution is -2.31. The summed E-state index contributed by atoms with van der Waals surface area (Å²) in [5, 5.41) is 5.24. The zero-order valence-corrected chi connectivity index (χ0v) is 17.7. The average molecular weight is 376 g/mol. The largest absolute Gasteiger partial charge is 0.483 e. The van der Waals surface area contributed by atoms with Crippen LogP contribution in [0.15, 0.2) is 18.2 Å². The number of ether oxygens (including phenoxy) is 1. The Balaban J connectivity index is 2.84. The quantitative estimate of drug-likeness (QED) is 0.433. The molecular formula is C22H35N2O3. The zero-order valence-electron chi connectivity index (χ0n) is 17.7. The third kappa shape index (κ3) is 6.89. The van der Waals surface area contributed by atoms with Gasteiger partial charge < -0.3 is 15.4 Å². The van der Waals surface area contributed by atoms with E-state index in [0.717, 1.165) is 24.2 Å². The maximum absolute atomic E-state index is 12.0. The fourth-order valence-corrected chi connectivity index (χ4v) is 2.65. The predicted octanol–water partition coefficient (Wildman–Crippen LogP) is 3.60. The monoisotopic (exact) mass is 375 g/mol. The highest BCUT2D eigenvalue weighted by molar-refractivity contribution is 5.77. The van der Waals surface area contributed by atoms with E-state index in [1.54, 1.807) is 6.41 Å². The zero-order chi connectivity index (χ0) is 20.5. The summed E-state index contributed by atoms with van der Waals surface area (Å²) >= 11 is 0. The molecule has 0 fully saturated rings. The van der Waals surface area contributed by atoms with Gasteiger partial charge in [-0.1, -0.05) is 53.7 Å². The van der Waals surface area contributed by atoms with Gasteiger partial charge >= 0.3 is 6.41 Å². The topological polar surface area (TPSA) is 67.4 Å². The normalized spacial score (nSPS) is 11.8. The molecule has 2 N–H and O–H groups in total. The molecule has 0 saturated carbocycles. The molecule has 1 aromatic carbocycles. The number of hydrogen-bond donors (Lipinski definition) is 2. The van der Waals surface area contributed by atoms with Crippen LogP contribution < -0.4 is 15.4 Å². The van der Waals surface area contributed by atoms with Crippen LogP contribution in [0.2, 0.25) is 0 Å². The van der Waals surface area contributed by atoms with Gasteiger partial charge in [-0.05, 0) is 41.7 Å². The number of rotatable bonds is 12. The molecule has 0 aliphatic heterocycles. The van der Waals surface area contributed by atoms with E-state index in [2.05, 4.69) is 64.3 Å². The Morgan fingerprint density at radius 3 is 2.33 bits per heavy atom. The number of hydrogen-bond acceptors (Lipinski definition) is 3. The Morgan fingerprint density at radius 1 is 1.07 bits per heavy atom. The van der Waals surface area contributed by atoms with Gasteiger partial charge in [0.1, 0.15) is 5.75 Å². The second-order valence-electron chi connectivity index (χ2n) is 8.21. The van der Waals surface area contributed by atoms with Crippen molar-refractivity contribution in [3.05, 3.63) is 29.3 Å². The van der Waals surface area contributed by atoms with Crippen molar-refractivity contribution in [2.45, 2.75) is 71.6 Å². The summed E-state index contributed by atoms with van der Waals surface area (Å²) in [5.74, 6) is 0.605. The van der Waals surface area contributed by atoms with Crippen LogP contribution in [0.1, 0.15) is 71.9 Å². The van der Waals surface area contributed by atoms with E-state index in [4.69, 9.17) is 4.74 Å². The van der Waals surface area contributed by atoms with Crippen molar-refractivity contribution >= 4 is 12.3 Å². The fourth-order valence-electron chi connectivity index (χ4n) is 2.65. The molecule has 151 valence electrons. The molecule has 0 aromatic heterocycles. The summed E-state index contributed by atoms with van der Waals surface area (Å²) in [6.45, 7) is 14.2. The minimum atomic E-state index is -0.164. The summed E-state index contributed by atoms with van der Waals surface area (Å²) in [7, 11) is 0. The van der Waals surface area contributed by atoms with Gasteiger partial charge in [0.15, 0.2) is 6.61 Å². The van der Waals surface area contributed by atoms with Crippen molar-refractivity contribution in [3.63, 3.8) is 0 Å². The van der Waals surface area contributed by atoms with E-state index < -0.39 is 0 Å².